The van der Waals surface area contributed by atoms with Crippen LogP contribution in [0.1, 0.15) is 5.56 Å². The van der Waals surface area contributed by atoms with Crippen LogP contribution in [0.2, 0.25) is 0 Å². The van der Waals surface area contributed by atoms with E-state index in [2.05, 4.69) is 52.7 Å². The van der Waals surface area contributed by atoms with Crippen molar-refractivity contribution < 1.29 is 0 Å². The van der Waals surface area contributed by atoms with Gasteiger partial charge in [0.05, 0.1) is 0 Å². The van der Waals surface area contributed by atoms with E-state index in [1.165, 1.54) is 31.7 Å². The molecule has 1 N–H and O–H groups in total. The van der Waals surface area contributed by atoms with Crippen molar-refractivity contribution in [3.8, 4) is 0 Å². The molecule has 0 aliphatic carbocycles. The SMILES string of the molecule is C(=C\c1ccccc1)/CN1CC2CNCC2C1. The highest BCUT2D eigenvalue weighted by Crippen LogP contribution is 2.25. The molecule has 2 fully saturated rings. The number of rotatable bonds is 3. The maximum absolute atomic E-state index is 3.48. The summed E-state index contributed by atoms with van der Waals surface area (Å²) in [6, 6.07) is 10.5. The van der Waals surface area contributed by atoms with Crippen molar-refractivity contribution in [1.82, 2.24) is 10.2 Å². The largest absolute Gasteiger partial charge is 0.316 e. The normalized spacial score (nSPS) is 28.9. The van der Waals surface area contributed by atoms with E-state index in [-0.39, 0.29) is 0 Å². The molecule has 17 heavy (non-hydrogen) atoms. The van der Waals surface area contributed by atoms with E-state index in [1.54, 1.807) is 0 Å². The van der Waals surface area contributed by atoms with Crippen molar-refractivity contribution in [3.63, 3.8) is 0 Å². The molecule has 2 aliphatic heterocycles. The molecule has 2 atom stereocenters. The fourth-order valence-corrected chi connectivity index (χ4v) is 3.00. The van der Waals surface area contributed by atoms with Gasteiger partial charge in [0.15, 0.2) is 0 Å². The van der Waals surface area contributed by atoms with E-state index in [0.717, 1.165) is 18.4 Å². The first-order valence-electron chi connectivity index (χ1n) is 6.56. The number of fused-ring (bicyclic) bond motifs is 1. The Morgan fingerprint density at radius 1 is 1.12 bits per heavy atom. The van der Waals surface area contributed by atoms with E-state index in [1.807, 2.05) is 0 Å². The first kappa shape index (κ1) is 11.0. The quantitative estimate of drug-likeness (QED) is 0.849. The highest BCUT2D eigenvalue weighted by atomic mass is 15.2. The Morgan fingerprint density at radius 2 is 1.82 bits per heavy atom. The van der Waals surface area contributed by atoms with Crippen LogP contribution in [0.4, 0.5) is 0 Å². The summed E-state index contributed by atoms with van der Waals surface area (Å²) < 4.78 is 0. The Bertz CT molecular complexity index is 373. The Kier molecular flexibility index (Phi) is 3.25. The van der Waals surface area contributed by atoms with Crippen LogP contribution in [0, 0.1) is 11.8 Å². The highest BCUT2D eigenvalue weighted by Gasteiger charge is 2.35. The first-order chi connectivity index (χ1) is 8.42. The molecule has 0 radical (unpaired) electrons. The van der Waals surface area contributed by atoms with Gasteiger partial charge in [0.25, 0.3) is 0 Å². The molecule has 0 bridgehead atoms. The van der Waals surface area contributed by atoms with Crippen LogP contribution in [-0.4, -0.2) is 37.6 Å². The zero-order chi connectivity index (χ0) is 11.5. The van der Waals surface area contributed by atoms with Crippen LogP contribution in [0.25, 0.3) is 6.08 Å². The summed E-state index contributed by atoms with van der Waals surface area (Å²) in [5.41, 5.74) is 1.30. The molecule has 0 spiro atoms. The molecule has 0 saturated carbocycles. The van der Waals surface area contributed by atoms with Gasteiger partial charge < -0.3 is 5.32 Å². The summed E-state index contributed by atoms with van der Waals surface area (Å²) in [5, 5.41) is 3.48. The van der Waals surface area contributed by atoms with Gasteiger partial charge >= 0.3 is 0 Å². The number of hydrogen-bond acceptors (Lipinski definition) is 2. The summed E-state index contributed by atoms with van der Waals surface area (Å²) in [6.07, 6.45) is 4.52. The van der Waals surface area contributed by atoms with E-state index in [0.29, 0.717) is 0 Å². The molecule has 1 aromatic carbocycles. The van der Waals surface area contributed by atoms with Crippen LogP contribution in [0.5, 0.6) is 0 Å². The average molecular weight is 228 g/mol. The Balaban J connectivity index is 1.51. The van der Waals surface area contributed by atoms with Gasteiger partial charge in [-0.05, 0) is 30.5 Å². The predicted molar refractivity (Wildman–Crippen MR) is 71.8 cm³/mol. The van der Waals surface area contributed by atoms with Crippen LogP contribution in [0.3, 0.4) is 0 Å². The minimum atomic E-state index is 0.903. The number of hydrogen-bond donors (Lipinski definition) is 1. The maximum atomic E-state index is 3.48. The Morgan fingerprint density at radius 3 is 2.53 bits per heavy atom. The third-order valence-corrected chi connectivity index (χ3v) is 3.94. The van der Waals surface area contributed by atoms with Crippen LogP contribution < -0.4 is 5.32 Å². The summed E-state index contributed by atoms with van der Waals surface area (Å²) in [6.45, 7) is 6.10. The monoisotopic (exact) mass is 228 g/mol. The molecule has 2 heterocycles. The van der Waals surface area contributed by atoms with Gasteiger partial charge in [-0.15, -0.1) is 0 Å². The molecule has 2 aliphatic rings. The molecular weight excluding hydrogens is 208 g/mol. The van der Waals surface area contributed by atoms with E-state index >= 15 is 0 Å². The lowest BCUT2D eigenvalue weighted by Gasteiger charge is -2.13. The van der Waals surface area contributed by atoms with Gasteiger partial charge in [0.1, 0.15) is 0 Å². The molecule has 0 amide bonds. The summed E-state index contributed by atoms with van der Waals surface area (Å²) >= 11 is 0. The minimum Gasteiger partial charge on any atom is -0.316 e. The van der Waals surface area contributed by atoms with Gasteiger partial charge in [-0.25, -0.2) is 0 Å². The molecule has 0 aromatic heterocycles. The lowest BCUT2D eigenvalue weighted by Crippen LogP contribution is -2.25. The third-order valence-electron chi connectivity index (χ3n) is 3.94. The van der Waals surface area contributed by atoms with E-state index in [4.69, 9.17) is 0 Å². The van der Waals surface area contributed by atoms with Gasteiger partial charge in [-0.1, -0.05) is 42.5 Å². The molecule has 2 nitrogen and oxygen atoms in total. The second kappa shape index (κ2) is 5.03. The van der Waals surface area contributed by atoms with E-state index in [9.17, 15) is 0 Å². The molecule has 2 heteroatoms. The number of likely N-dealkylation sites (tertiary alicyclic amines) is 1. The average Bonchev–Trinajstić information content (AvgIpc) is 2.91. The maximum Gasteiger partial charge on any atom is 0.0166 e. The standard InChI is InChI=1S/C15H20N2/c1-2-5-13(6-3-1)7-4-8-17-11-14-9-16-10-15(14)12-17/h1-7,14-16H,8-12H2/b7-4+. The Hall–Kier alpha value is -1.12. The number of benzene rings is 1. The van der Waals surface area contributed by atoms with Crippen molar-refractivity contribution in [2.24, 2.45) is 11.8 Å². The minimum absolute atomic E-state index is 0.903. The van der Waals surface area contributed by atoms with Gasteiger partial charge in [-0.2, -0.15) is 0 Å². The summed E-state index contributed by atoms with van der Waals surface area (Å²) in [5.74, 6) is 1.81. The van der Waals surface area contributed by atoms with Crippen molar-refractivity contribution in [2.75, 3.05) is 32.7 Å². The van der Waals surface area contributed by atoms with Crippen molar-refractivity contribution in [2.45, 2.75) is 0 Å². The van der Waals surface area contributed by atoms with Crippen LogP contribution in [0.15, 0.2) is 36.4 Å². The summed E-state index contributed by atoms with van der Waals surface area (Å²) in [4.78, 5) is 2.58. The zero-order valence-electron chi connectivity index (χ0n) is 10.2. The first-order valence-corrected chi connectivity index (χ1v) is 6.56. The Labute approximate surface area is 103 Å². The second-order valence-corrected chi connectivity index (χ2v) is 5.21. The zero-order valence-corrected chi connectivity index (χ0v) is 10.2. The fourth-order valence-electron chi connectivity index (χ4n) is 3.00. The predicted octanol–water partition coefficient (Wildman–Crippen LogP) is 1.85. The van der Waals surface area contributed by atoms with Crippen molar-refractivity contribution in [3.05, 3.63) is 42.0 Å². The van der Waals surface area contributed by atoms with Gasteiger partial charge in [0, 0.05) is 19.6 Å². The van der Waals surface area contributed by atoms with Crippen LogP contribution in [-0.2, 0) is 0 Å². The lowest BCUT2D eigenvalue weighted by molar-refractivity contribution is 0.347. The smallest absolute Gasteiger partial charge is 0.0166 e. The van der Waals surface area contributed by atoms with Crippen LogP contribution >= 0.6 is 0 Å². The topological polar surface area (TPSA) is 15.3 Å². The van der Waals surface area contributed by atoms with Crippen molar-refractivity contribution >= 4 is 6.08 Å². The molecular formula is C15H20N2. The molecule has 1 aromatic rings. The second-order valence-electron chi connectivity index (χ2n) is 5.21. The highest BCUT2D eigenvalue weighted by molar-refractivity contribution is 5.48. The molecule has 90 valence electrons. The molecule has 3 rings (SSSR count). The van der Waals surface area contributed by atoms with E-state index < -0.39 is 0 Å². The van der Waals surface area contributed by atoms with Crippen molar-refractivity contribution in [1.29, 1.82) is 0 Å². The third kappa shape index (κ3) is 2.59. The summed E-state index contributed by atoms with van der Waals surface area (Å²) in [7, 11) is 0. The number of nitrogens with one attached hydrogen (secondary N) is 1. The van der Waals surface area contributed by atoms with Gasteiger partial charge in [0.2, 0.25) is 0 Å². The van der Waals surface area contributed by atoms with Gasteiger partial charge in [-0.3, -0.25) is 4.90 Å². The molecule has 2 saturated heterocycles. The molecule has 2 unspecified atom stereocenters. The number of nitrogens with zero attached hydrogens (tertiary/aromatic N) is 1. The lowest BCUT2D eigenvalue weighted by atomic mass is 10.0. The fraction of sp³-hybridized carbons (Fsp3) is 0.467.